The molecule has 0 rings (SSSR count). The Kier molecular flexibility index (Phi) is 46.0. The number of hydrogen-bond donors (Lipinski definition) is 0. The minimum atomic E-state index is 0. The minimum Gasteiger partial charge on any atom is -0.358 e. The molecular weight excluding hydrogens is 185 g/mol. The van der Waals surface area contributed by atoms with Crippen molar-refractivity contribution in [3.05, 3.63) is 21.8 Å². The number of hydrogen-bond acceptors (Lipinski definition) is 0. The predicted molar refractivity (Wildman–Crippen MR) is 51.6 cm³/mol. The first-order chi connectivity index (χ1) is 3.91. The Hall–Kier alpha value is 0.623. The van der Waals surface area contributed by atoms with Crippen LogP contribution in [0, 0.1) is 21.8 Å². The molecule has 0 amide bonds. The van der Waals surface area contributed by atoms with Crippen LogP contribution in [-0.2, 0) is 19.5 Å². The Balaban J connectivity index is -0.0000000817. The van der Waals surface area contributed by atoms with E-state index in [1.807, 2.05) is 0 Å². The summed E-state index contributed by atoms with van der Waals surface area (Å²) in [5.41, 5.74) is 0. The van der Waals surface area contributed by atoms with E-state index in [4.69, 9.17) is 0 Å². The van der Waals surface area contributed by atoms with Crippen LogP contribution >= 0.6 is 0 Å². The van der Waals surface area contributed by atoms with E-state index in [2.05, 4.69) is 13.8 Å². The molecule has 0 N–H and O–H groups in total. The van der Waals surface area contributed by atoms with E-state index in [9.17, 15) is 0 Å². The number of rotatable bonds is 5. The molecule has 0 aliphatic rings. The van der Waals surface area contributed by atoms with Crippen LogP contribution in [0.2, 0.25) is 0 Å². The first-order valence-corrected chi connectivity index (χ1v) is 3.71. The summed E-state index contributed by atoms with van der Waals surface area (Å²) in [5, 5.41) is 0. The second kappa shape index (κ2) is 22.4. The molecule has 0 atom stereocenters. The Bertz CT molecular complexity index is 29.9. The van der Waals surface area contributed by atoms with Crippen molar-refractivity contribution < 1.29 is 19.5 Å². The zero-order valence-electron chi connectivity index (χ0n) is 8.66. The topological polar surface area (TPSA) is 0 Å². The molecule has 0 heterocycles. The van der Waals surface area contributed by atoms with E-state index < -0.39 is 0 Å². The first-order valence-electron chi connectivity index (χ1n) is 3.71. The van der Waals surface area contributed by atoms with Crippen LogP contribution < -0.4 is 0 Å². The number of unbranched alkanes of at least 4 members (excludes halogenated alkanes) is 5. The Morgan fingerprint density at radius 1 is 0.909 bits per heavy atom. The van der Waals surface area contributed by atoms with Crippen molar-refractivity contribution >= 4 is 0 Å². The Labute approximate surface area is 86.9 Å². The van der Waals surface area contributed by atoms with Gasteiger partial charge in [-0.3, -0.25) is 0 Å². The molecule has 0 fully saturated rings. The van der Waals surface area contributed by atoms with Crippen molar-refractivity contribution in [2.45, 2.75) is 45.4 Å². The average Bonchev–Trinajstić information content (AvgIpc) is 1.81. The van der Waals surface area contributed by atoms with Gasteiger partial charge in [0, 0.05) is 19.5 Å². The fourth-order valence-corrected chi connectivity index (χ4v) is 0.780. The third-order valence-electron chi connectivity index (χ3n) is 1.35. The van der Waals surface area contributed by atoms with Crippen molar-refractivity contribution in [3.63, 3.8) is 0 Å². The maximum absolute atomic E-state index is 3.78. The van der Waals surface area contributed by atoms with Crippen molar-refractivity contribution in [1.82, 2.24) is 0 Å². The third kappa shape index (κ3) is 25.0. The molecule has 0 nitrogen and oxygen atoms in total. The molecular formula is C10H23Zn-3. The van der Waals surface area contributed by atoms with E-state index in [1.165, 1.54) is 32.1 Å². The normalized spacial score (nSPS) is 7.09. The first kappa shape index (κ1) is 22.6. The Morgan fingerprint density at radius 2 is 1.36 bits per heavy atom. The van der Waals surface area contributed by atoms with Gasteiger partial charge in [-0.25, -0.2) is 0 Å². The molecule has 0 saturated heterocycles. The largest absolute Gasteiger partial charge is 0.358 e. The van der Waals surface area contributed by atoms with Crippen LogP contribution in [0.4, 0.5) is 0 Å². The van der Waals surface area contributed by atoms with Gasteiger partial charge in [0.25, 0.3) is 0 Å². The monoisotopic (exact) mass is 207 g/mol. The van der Waals surface area contributed by atoms with Gasteiger partial charge in [0.2, 0.25) is 0 Å². The summed E-state index contributed by atoms with van der Waals surface area (Å²) in [4.78, 5) is 0. The molecule has 68 valence electrons. The Morgan fingerprint density at radius 3 is 1.73 bits per heavy atom. The van der Waals surface area contributed by atoms with Crippen molar-refractivity contribution in [3.8, 4) is 0 Å². The second-order valence-corrected chi connectivity index (χ2v) is 2.27. The smallest absolute Gasteiger partial charge is 0 e. The quantitative estimate of drug-likeness (QED) is 0.363. The molecule has 0 bridgehead atoms. The van der Waals surface area contributed by atoms with E-state index in [0.717, 1.165) is 6.42 Å². The van der Waals surface area contributed by atoms with Crippen LogP contribution in [0.15, 0.2) is 0 Å². The molecule has 11 heavy (non-hydrogen) atoms. The maximum Gasteiger partial charge on any atom is 0 e. The molecule has 0 saturated carbocycles. The van der Waals surface area contributed by atoms with Gasteiger partial charge in [0.05, 0.1) is 0 Å². The fourth-order valence-electron chi connectivity index (χ4n) is 0.780. The summed E-state index contributed by atoms with van der Waals surface area (Å²) >= 11 is 0. The van der Waals surface area contributed by atoms with Crippen molar-refractivity contribution in [1.29, 1.82) is 0 Å². The van der Waals surface area contributed by atoms with Crippen LogP contribution in [0.3, 0.4) is 0 Å². The van der Waals surface area contributed by atoms with Gasteiger partial charge < -0.3 is 21.8 Å². The van der Waals surface area contributed by atoms with Gasteiger partial charge in [0.1, 0.15) is 0 Å². The third-order valence-corrected chi connectivity index (χ3v) is 1.35. The molecule has 0 unspecified atom stereocenters. The summed E-state index contributed by atoms with van der Waals surface area (Å²) < 4.78 is 0. The molecule has 0 aromatic rings. The van der Waals surface area contributed by atoms with Crippen molar-refractivity contribution in [2.24, 2.45) is 0 Å². The molecule has 0 aliphatic carbocycles. The molecule has 0 aromatic carbocycles. The van der Waals surface area contributed by atoms with E-state index in [-0.39, 0.29) is 34.3 Å². The van der Waals surface area contributed by atoms with Gasteiger partial charge in [0.15, 0.2) is 0 Å². The van der Waals surface area contributed by atoms with Gasteiger partial charge in [-0.2, -0.15) is 6.42 Å². The van der Waals surface area contributed by atoms with Crippen LogP contribution in [-0.4, -0.2) is 0 Å². The summed E-state index contributed by atoms with van der Waals surface area (Å²) in [7, 11) is 0. The van der Waals surface area contributed by atoms with Crippen LogP contribution in [0.5, 0.6) is 0 Å². The van der Waals surface area contributed by atoms with Crippen LogP contribution in [0.25, 0.3) is 0 Å². The zero-order chi connectivity index (χ0) is 6.24. The average molecular weight is 209 g/mol. The van der Waals surface area contributed by atoms with E-state index in [0.29, 0.717) is 0 Å². The standard InChI is InChI=1S/C8H17.2CH3.Zn/c1-3-5-7-8-6-4-2;;;/h1,3-8H2,2H3;2*1H3;/q3*-1;. The van der Waals surface area contributed by atoms with Crippen molar-refractivity contribution in [2.75, 3.05) is 0 Å². The molecule has 0 aliphatic heterocycles. The summed E-state index contributed by atoms with van der Waals surface area (Å²) in [6.45, 7) is 6.02. The molecule has 0 radical (unpaired) electrons. The van der Waals surface area contributed by atoms with Gasteiger partial charge in [-0.15, -0.1) is 0 Å². The predicted octanol–water partition coefficient (Wildman–Crippen LogP) is 4.08. The van der Waals surface area contributed by atoms with Gasteiger partial charge >= 0.3 is 0 Å². The molecule has 1 heteroatoms. The summed E-state index contributed by atoms with van der Waals surface area (Å²) in [6.07, 6.45) is 7.98. The summed E-state index contributed by atoms with van der Waals surface area (Å²) in [5.74, 6) is 0. The summed E-state index contributed by atoms with van der Waals surface area (Å²) in [6, 6.07) is 0. The van der Waals surface area contributed by atoms with Gasteiger partial charge in [-0.1, -0.05) is 39.0 Å². The minimum absolute atomic E-state index is 0. The SMILES string of the molecule is [CH2-]CCCCCCC.[CH3-].[CH3-].[Zn]. The van der Waals surface area contributed by atoms with E-state index >= 15 is 0 Å². The fraction of sp³-hybridized carbons (Fsp3) is 0.700. The maximum atomic E-state index is 3.78. The molecule has 0 spiro atoms. The van der Waals surface area contributed by atoms with E-state index in [1.54, 1.807) is 0 Å². The van der Waals surface area contributed by atoms with Crippen LogP contribution in [0.1, 0.15) is 45.4 Å². The second-order valence-electron chi connectivity index (χ2n) is 2.27. The van der Waals surface area contributed by atoms with Gasteiger partial charge in [-0.05, 0) is 0 Å². The zero-order valence-corrected chi connectivity index (χ0v) is 11.6. The molecule has 0 aromatic heterocycles.